The number of hydrogen-bond acceptors (Lipinski definition) is 4. The van der Waals surface area contributed by atoms with Crippen molar-refractivity contribution in [2.24, 2.45) is 0 Å². The van der Waals surface area contributed by atoms with Crippen molar-refractivity contribution in [1.29, 1.82) is 0 Å². The number of anilines is 1. The average molecular weight is 289 g/mol. The molecule has 0 aliphatic carbocycles. The number of benzene rings is 1. The van der Waals surface area contributed by atoms with Crippen LogP contribution in [0, 0.1) is 6.92 Å². The van der Waals surface area contributed by atoms with Gasteiger partial charge in [0.25, 0.3) is 0 Å². The van der Waals surface area contributed by atoms with Gasteiger partial charge in [-0.3, -0.25) is 4.79 Å². The van der Waals surface area contributed by atoms with E-state index in [2.05, 4.69) is 15.6 Å². The third-order valence-corrected chi connectivity index (χ3v) is 3.87. The van der Waals surface area contributed by atoms with Crippen molar-refractivity contribution in [2.45, 2.75) is 19.8 Å². The van der Waals surface area contributed by atoms with Crippen LogP contribution in [0.25, 0.3) is 10.6 Å². The van der Waals surface area contributed by atoms with Gasteiger partial charge in [0.05, 0.1) is 0 Å². The molecule has 2 N–H and O–H groups in total. The van der Waals surface area contributed by atoms with Crippen molar-refractivity contribution < 1.29 is 4.79 Å². The predicted octanol–water partition coefficient (Wildman–Crippen LogP) is 3.06. The first kappa shape index (κ1) is 14.7. The first-order valence-corrected chi connectivity index (χ1v) is 7.54. The van der Waals surface area contributed by atoms with E-state index in [1.165, 1.54) is 0 Å². The average Bonchev–Trinajstić information content (AvgIpc) is 2.86. The molecule has 0 bridgehead atoms. The van der Waals surface area contributed by atoms with E-state index in [4.69, 9.17) is 0 Å². The zero-order valence-electron chi connectivity index (χ0n) is 11.8. The molecule has 0 saturated heterocycles. The molecule has 0 fully saturated rings. The molecule has 0 unspecified atom stereocenters. The molecule has 2 aromatic rings. The van der Waals surface area contributed by atoms with Crippen LogP contribution in [0.1, 0.15) is 18.5 Å². The molecule has 1 aromatic carbocycles. The van der Waals surface area contributed by atoms with Crippen LogP contribution in [0.2, 0.25) is 0 Å². The summed E-state index contributed by atoms with van der Waals surface area (Å²) >= 11 is 1.63. The van der Waals surface area contributed by atoms with Gasteiger partial charge in [-0.05, 0) is 51.2 Å². The number of hydrogen-bond donors (Lipinski definition) is 2. The lowest BCUT2D eigenvalue weighted by Gasteiger charge is -2.05. The fourth-order valence-corrected chi connectivity index (χ4v) is 2.64. The summed E-state index contributed by atoms with van der Waals surface area (Å²) in [7, 11) is 1.89. The quantitative estimate of drug-likeness (QED) is 0.804. The minimum Gasteiger partial charge on any atom is -0.326 e. The maximum Gasteiger partial charge on any atom is 0.224 e. The van der Waals surface area contributed by atoms with E-state index in [0.29, 0.717) is 6.42 Å². The summed E-state index contributed by atoms with van der Waals surface area (Å²) in [4.78, 5) is 16.1. The number of amides is 1. The van der Waals surface area contributed by atoms with Crippen molar-refractivity contribution in [3.8, 4) is 10.6 Å². The summed E-state index contributed by atoms with van der Waals surface area (Å²) in [6.07, 6.45) is 1.38. The Labute approximate surface area is 123 Å². The molecule has 1 heterocycles. The van der Waals surface area contributed by atoms with E-state index in [-0.39, 0.29) is 5.91 Å². The van der Waals surface area contributed by atoms with E-state index in [1.807, 2.05) is 43.6 Å². The maximum absolute atomic E-state index is 11.7. The van der Waals surface area contributed by atoms with Crippen molar-refractivity contribution in [2.75, 3.05) is 18.9 Å². The number of nitrogens with one attached hydrogen (secondary N) is 2. The Bertz CT molecular complexity index is 563. The van der Waals surface area contributed by atoms with E-state index >= 15 is 0 Å². The third kappa shape index (κ3) is 4.15. The molecule has 1 amide bonds. The Kier molecular flexibility index (Phi) is 5.26. The number of thiazole rings is 1. The molecule has 0 radical (unpaired) electrons. The topological polar surface area (TPSA) is 54.0 Å². The highest BCUT2D eigenvalue weighted by Crippen LogP contribution is 2.24. The zero-order chi connectivity index (χ0) is 14.4. The fraction of sp³-hybridized carbons (Fsp3) is 0.333. The Morgan fingerprint density at radius 2 is 2.05 bits per heavy atom. The molecular formula is C15H19N3OS. The summed E-state index contributed by atoms with van der Waals surface area (Å²) in [5.41, 5.74) is 2.94. The number of carbonyl (C=O) groups is 1. The van der Waals surface area contributed by atoms with Gasteiger partial charge in [-0.25, -0.2) is 4.98 Å². The van der Waals surface area contributed by atoms with Crippen molar-refractivity contribution in [3.63, 3.8) is 0 Å². The summed E-state index contributed by atoms with van der Waals surface area (Å²) in [5.74, 6) is 0.0538. The zero-order valence-corrected chi connectivity index (χ0v) is 12.6. The highest BCUT2D eigenvalue weighted by molar-refractivity contribution is 7.13. The summed E-state index contributed by atoms with van der Waals surface area (Å²) in [5, 5.41) is 8.97. The van der Waals surface area contributed by atoms with E-state index < -0.39 is 0 Å². The summed E-state index contributed by atoms with van der Waals surface area (Å²) in [6.45, 7) is 2.84. The first-order valence-electron chi connectivity index (χ1n) is 6.66. The number of rotatable bonds is 6. The van der Waals surface area contributed by atoms with Crippen molar-refractivity contribution >= 4 is 22.9 Å². The molecule has 2 rings (SSSR count). The molecule has 0 aliphatic rings. The molecule has 20 heavy (non-hydrogen) atoms. The molecule has 0 saturated carbocycles. The van der Waals surface area contributed by atoms with Crippen LogP contribution < -0.4 is 10.6 Å². The highest BCUT2D eigenvalue weighted by Gasteiger charge is 2.04. The van der Waals surface area contributed by atoms with Gasteiger partial charge >= 0.3 is 0 Å². The maximum atomic E-state index is 11.7. The van der Waals surface area contributed by atoms with Crippen LogP contribution >= 0.6 is 11.3 Å². The Morgan fingerprint density at radius 3 is 2.65 bits per heavy atom. The van der Waals surface area contributed by atoms with E-state index in [0.717, 1.165) is 34.9 Å². The van der Waals surface area contributed by atoms with Gasteiger partial charge in [-0.2, -0.15) is 0 Å². The van der Waals surface area contributed by atoms with Crippen LogP contribution in [-0.2, 0) is 4.79 Å². The van der Waals surface area contributed by atoms with Gasteiger partial charge < -0.3 is 10.6 Å². The van der Waals surface area contributed by atoms with Gasteiger partial charge in [0.2, 0.25) is 5.91 Å². The lowest BCUT2D eigenvalue weighted by molar-refractivity contribution is -0.116. The second kappa shape index (κ2) is 7.17. The van der Waals surface area contributed by atoms with Gasteiger partial charge in [0, 0.05) is 28.7 Å². The van der Waals surface area contributed by atoms with Crippen LogP contribution in [0.3, 0.4) is 0 Å². The predicted molar refractivity (Wildman–Crippen MR) is 84.1 cm³/mol. The molecule has 4 nitrogen and oxygen atoms in total. The number of carbonyl (C=O) groups excluding carboxylic acids is 1. The lowest BCUT2D eigenvalue weighted by atomic mass is 10.2. The lowest BCUT2D eigenvalue weighted by Crippen LogP contribution is -2.15. The summed E-state index contributed by atoms with van der Waals surface area (Å²) < 4.78 is 0. The molecule has 0 spiro atoms. The third-order valence-electron chi connectivity index (χ3n) is 2.87. The van der Waals surface area contributed by atoms with Crippen LogP contribution in [0.5, 0.6) is 0 Å². The summed E-state index contributed by atoms with van der Waals surface area (Å²) in [6, 6.07) is 7.81. The second-order valence-corrected chi connectivity index (χ2v) is 5.48. The Hall–Kier alpha value is -1.72. The number of aryl methyl sites for hydroxylation is 1. The first-order chi connectivity index (χ1) is 9.69. The molecule has 106 valence electrons. The van der Waals surface area contributed by atoms with Gasteiger partial charge in [0.1, 0.15) is 5.01 Å². The van der Waals surface area contributed by atoms with Crippen molar-refractivity contribution in [1.82, 2.24) is 10.3 Å². The second-order valence-electron chi connectivity index (χ2n) is 4.63. The Balaban J connectivity index is 1.93. The Morgan fingerprint density at radius 1 is 1.30 bits per heavy atom. The molecule has 0 aliphatic heterocycles. The van der Waals surface area contributed by atoms with Crippen LogP contribution in [-0.4, -0.2) is 24.5 Å². The standard InChI is InChI=1S/C15H19N3OS/c1-11-10-20-15(17-11)12-5-7-13(8-6-12)18-14(19)4-3-9-16-2/h5-8,10,16H,3-4,9H2,1-2H3,(H,18,19). The van der Waals surface area contributed by atoms with Crippen LogP contribution in [0.15, 0.2) is 29.6 Å². The van der Waals surface area contributed by atoms with E-state index in [1.54, 1.807) is 11.3 Å². The SMILES string of the molecule is CNCCCC(=O)Nc1ccc(-c2nc(C)cs2)cc1. The molecule has 5 heteroatoms. The molecule has 0 atom stereocenters. The van der Waals surface area contributed by atoms with Gasteiger partial charge in [-0.15, -0.1) is 11.3 Å². The van der Waals surface area contributed by atoms with Gasteiger partial charge in [-0.1, -0.05) is 0 Å². The normalized spacial score (nSPS) is 10.5. The highest BCUT2D eigenvalue weighted by atomic mass is 32.1. The van der Waals surface area contributed by atoms with Gasteiger partial charge in [0.15, 0.2) is 0 Å². The number of aromatic nitrogens is 1. The largest absolute Gasteiger partial charge is 0.326 e. The van der Waals surface area contributed by atoms with Crippen LogP contribution in [0.4, 0.5) is 5.69 Å². The number of nitrogens with zero attached hydrogens (tertiary/aromatic N) is 1. The minimum atomic E-state index is 0.0538. The van der Waals surface area contributed by atoms with E-state index in [9.17, 15) is 4.79 Å². The fourth-order valence-electron chi connectivity index (χ4n) is 1.83. The molecular weight excluding hydrogens is 270 g/mol. The minimum absolute atomic E-state index is 0.0538. The van der Waals surface area contributed by atoms with Crippen molar-refractivity contribution in [3.05, 3.63) is 35.3 Å². The molecule has 1 aromatic heterocycles. The smallest absolute Gasteiger partial charge is 0.224 e. The monoisotopic (exact) mass is 289 g/mol.